The van der Waals surface area contributed by atoms with Crippen LogP contribution in [0.25, 0.3) is 0 Å². The van der Waals surface area contributed by atoms with E-state index in [9.17, 15) is 8.42 Å². The van der Waals surface area contributed by atoms with E-state index in [0.717, 1.165) is 43.3 Å². The van der Waals surface area contributed by atoms with Gasteiger partial charge in [0.05, 0.1) is 4.90 Å². The summed E-state index contributed by atoms with van der Waals surface area (Å²) in [5, 5.41) is 3.75. The molecule has 0 atom stereocenters. The van der Waals surface area contributed by atoms with Crippen molar-refractivity contribution < 1.29 is 8.42 Å². The van der Waals surface area contributed by atoms with Gasteiger partial charge in [-0.1, -0.05) is 11.6 Å². The predicted molar refractivity (Wildman–Crippen MR) is 120 cm³/mol. The highest BCUT2D eigenvalue weighted by molar-refractivity contribution is 7.92. The molecule has 4 rings (SSSR count). The average molecular weight is 444 g/mol. The number of anilines is 4. The third kappa shape index (κ3) is 4.83. The number of nitrogens with zero attached hydrogens (tertiary/aromatic N) is 3. The highest BCUT2D eigenvalue weighted by Crippen LogP contribution is 2.23. The van der Waals surface area contributed by atoms with Gasteiger partial charge in [0.15, 0.2) is 0 Å². The van der Waals surface area contributed by atoms with Crippen LogP contribution in [0.15, 0.2) is 59.5 Å². The third-order valence-corrected chi connectivity index (χ3v) is 6.41. The first kappa shape index (κ1) is 20.4. The Morgan fingerprint density at radius 1 is 0.933 bits per heavy atom. The Bertz CT molecular complexity index is 1130. The second-order valence-electron chi connectivity index (χ2n) is 7.15. The van der Waals surface area contributed by atoms with Gasteiger partial charge in [-0.15, -0.1) is 0 Å². The number of aryl methyl sites for hydroxylation is 1. The van der Waals surface area contributed by atoms with E-state index in [0.29, 0.717) is 16.5 Å². The third-order valence-electron chi connectivity index (χ3n) is 4.76. The van der Waals surface area contributed by atoms with Gasteiger partial charge in [-0.25, -0.2) is 13.4 Å². The van der Waals surface area contributed by atoms with Crippen molar-refractivity contribution >= 4 is 44.8 Å². The molecule has 2 N–H and O–H groups in total. The molecule has 2 aromatic carbocycles. The van der Waals surface area contributed by atoms with Gasteiger partial charge >= 0.3 is 0 Å². The van der Waals surface area contributed by atoms with E-state index in [1.54, 1.807) is 36.4 Å². The fraction of sp³-hybridized carbons (Fsp3) is 0.238. The molecule has 0 amide bonds. The van der Waals surface area contributed by atoms with E-state index < -0.39 is 10.0 Å². The molecule has 1 fully saturated rings. The number of nitrogens with one attached hydrogen (secondary N) is 2. The molecule has 0 aliphatic carbocycles. The number of hydrogen-bond acceptors (Lipinski definition) is 6. The lowest BCUT2D eigenvalue weighted by Gasteiger charge is -2.17. The van der Waals surface area contributed by atoms with Gasteiger partial charge in [0.2, 0.25) is 5.95 Å². The number of sulfonamides is 1. The van der Waals surface area contributed by atoms with E-state index in [2.05, 4.69) is 24.9 Å². The molecule has 7 nitrogen and oxygen atoms in total. The topological polar surface area (TPSA) is 87.2 Å². The van der Waals surface area contributed by atoms with E-state index in [1.807, 2.05) is 13.0 Å². The van der Waals surface area contributed by atoms with Gasteiger partial charge in [-0.05, 0) is 68.3 Å². The van der Waals surface area contributed by atoms with Crippen LogP contribution in [0, 0.1) is 6.92 Å². The molecule has 1 aliphatic heterocycles. The molecule has 2 heterocycles. The highest BCUT2D eigenvalue weighted by atomic mass is 35.5. The molecule has 30 heavy (non-hydrogen) atoms. The van der Waals surface area contributed by atoms with Gasteiger partial charge < -0.3 is 10.2 Å². The second-order valence-corrected chi connectivity index (χ2v) is 9.27. The van der Waals surface area contributed by atoms with Crippen molar-refractivity contribution in [1.29, 1.82) is 0 Å². The maximum atomic E-state index is 12.5. The van der Waals surface area contributed by atoms with E-state index >= 15 is 0 Å². The quantitative estimate of drug-likeness (QED) is 0.579. The second kappa shape index (κ2) is 8.49. The summed E-state index contributed by atoms with van der Waals surface area (Å²) < 4.78 is 27.6. The van der Waals surface area contributed by atoms with Crippen LogP contribution in [0.5, 0.6) is 0 Å². The fourth-order valence-corrected chi connectivity index (χ4v) is 4.46. The first-order chi connectivity index (χ1) is 14.4. The lowest BCUT2D eigenvalue weighted by molar-refractivity contribution is 0.601. The molecule has 3 aromatic rings. The molecular weight excluding hydrogens is 422 g/mol. The largest absolute Gasteiger partial charge is 0.341 e. The summed E-state index contributed by atoms with van der Waals surface area (Å²) in [6, 6.07) is 14.9. The van der Waals surface area contributed by atoms with Crippen molar-refractivity contribution in [2.45, 2.75) is 24.7 Å². The van der Waals surface area contributed by atoms with Gasteiger partial charge in [0.1, 0.15) is 5.82 Å². The van der Waals surface area contributed by atoms with E-state index in [1.165, 1.54) is 12.1 Å². The Kier molecular flexibility index (Phi) is 5.78. The van der Waals surface area contributed by atoms with Crippen LogP contribution in [0.4, 0.5) is 23.1 Å². The van der Waals surface area contributed by atoms with Crippen LogP contribution < -0.4 is 14.9 Å². The van der Waals surface area contributed by atoms with E-state index in [4.69, 9.17) is 11.6 Å². The molecule has 156 valence electrons. The highest BCUT2D eigenvalue weighted by Gasteiger charge is 2.16. The zero-order chi connectivity index (χ0) is 21.1. The summed E-state index contributed by atoms with van der Waals surface area (Å²) in [7, 11) is -3.68. The lowest BCUT2D eigenvalue weighted by atomic mass is 10.3. The zero-order valence-corrected chi connectivity index (χ0v) is 18.0. The Labute approximate surface area is 181 Å². The van der Waals surface area contributed by atoms with Gasteiger partial charge in [-0.3, -0.25) is 4.72 Å². The molecule has 9 heteroatoms. The number of halogens is 1. The van der Waals surface area contributed by atoms with Crippen molar-refractivity contribution in [3.63, 3.8) is 0 Å². The maximum absolute atomic E-state index is 12.5. The summed E-state index contributed by atoms with van der Waals surface area (Å²) in [6.45, 7) is 3.90. The van der Waals surface area contributed by atoms with Gasteiger partial charge in [-0.2, -0.15) is 4.98 Å². The molecule has 0 bridgehead atoms. The lowest BCUT2D eigenvalue weighted by Crippen LogP contribution is -2.21. The van der Waals surface area contributed by atoms with E-state index in [-0.39, 0.29) is 4.90 Å². The normalized spacial score (nSPS) is 14.0. The molecule has 0 unspecified atom stereocenters. The smallest absolute Gasteiger partial charge is 0.261 e. The van der Waals surface area contributed by atoms with Crippen molar-refractivity contribution in [3.05, 3.63) is 65.3 Å². The molecule has 0 radical (unpaired) electrons. The van der Waals surface area contributed by atoms with Gasteiger partial charge in [0.25, 0.3) is 10.0 Å². The molecule has 0 saturated carbocycles. The first-order valence-electron chi connectivity index (χ1n) is 9.65. The maximum Gasteiger partial charge on any atom is 0.261 e. The Morgan fingerprint density at radius 2 is 1.57 bits per heavy atom. The van der Waals surface area contributed by atoms with Crippen LogP contribution in [0.2, 0.25) is 5.02 Å². The van der Waals surface area contributed by atoms with Crippen LogP contribution in [0.1, 0.15) is 18.5 Å². The number of hydrogen-bond donors (Lipinski definition) is 2. The number of benzene rings is 2. The Balaban J connectivity index is 1.47. The molecule has 1 aliphatic rings. The molecule has 1 aromatic heterocycles. The number of aromatic nitrogens is 2. The van der Waals surface area contributed by atoms with Crippen LogP contribution in [-0.4, -0.2) is 31.5 Å². The zero-order valence-electron chi connectivity index (χ0n) is 16.5. The van der Waals surface area contributed by atoms with Crippen LogP contribution in [-0.2, 0) is 10.0 Å². The molecular formula is C21H22ClN5O2S. The summed E-state index contributed by atoms with van der Waals surface area (Å²) in [5.41, 5.74) is 2.16. The Morgan fingerprint density at radius 3 is 2.23 bits per heavy atom. The Hall–Kier alpha value is -2.84. The van der Waals surface area contributed by atoms with Gasteiger partial charge in [0, 0.05) is 41.2 Å². The van der Waals surface area contributed by atoms with Crippen molar-refractivity contribution in [2.75, 3.05) is 28.0 Å². The van der Waals surface area contributed by atoms with Crippen LogP contribution in [0.3, 0.4) is 0 Å². The SMILES string of the molecule is Cc1cc(Nc2ccc(NS(=O)(=O)c3ccc(Cl)cc3)cc2)nc(N2CCCC2)n1. The first-order valence-corrected chi connectivity index (χ1v) is 11.5. The van der Waals surface area contributed by atoms with Crippen molar-refractivity contribution in [3.8, 4) is 0 Å². The fourth-order valence-electron chi connectivity index (χ4n) is 3.27. The van der Waals surface area contributed by atoms with Crippen molar-refractivity contribution in [1.82, 2.24) is 9.97 Å². The summed E-state index contributed by atoms with van der Waals surface area (Å²) >= 11 is 5.83. The minimum absolute atomic E-state index is 0.153. The van der Waals surface area contributed by atoms with Crippen molar-refractivity contribution in [2.24, 2.45) is 0 Å². The summed E-state index contributed by atoms with van der Waals surface area (Å²) in [5.74, 6) is 1.45. The standard InChI is InChI=1S/C21H22ClN5O2S/c1-15-14-20(25-21(23-15)27-12-2-3-13-27)24-17-6-8-18(9-7-17)26-30(28,29)19-10-4-16(22)5-11-19/h4-11,14,26H,2-3,12-13H2,1H3,(H,23,24,25). The summed E-state index contributed by atoms with van der Waals surface area (Å²) in [6.07, 6.45) is 2.32. The molecule has 1 saturated heterocycles. The minimum atomic E-state index is -3.68. The molecule has 0 spiro atoms. The number of rotatable bonds is 6. The minimum Gasteiger partial charge on any atom is -0.341 e. The monoisotopic (exact) mass is 443 g/mol. The summed E-state index contributed by atoms with van der Waals surface area (Å²) in [4.78, 5) is 11.5. The van der Waals surface area contributed by atoms with Crippen LogP contribution >= 0.6 is 11.6 Å². The predicted octanol–water partition coefficient (Wildman–Crippen LogP) is 4.58. The average Bonchev–Trinajstić information content (AvgIpc) is 3.24.